The number of nitrogens with one attached hydrogen (secondary N) is 1. The van der Waals surface area contributed by atoms with Crippen LogP contribution in [0.15, 0.2) is 39.0 Å². The van der Waals surface area contributed by atoms with Gasteiger partial charge in [-0.1, -0.05) is 6.92 Å². The fourth-order valence-electron chi connectivity index (χ4n) is 1.57. The van der Waals surface area contributed by atoms with Gasteiger partial charge in [-0.05, 0) is 58.4 Å². The Morgan fingerprint density at radius 2 is 2.20 bits per heavy atom. The van der Waals surface area contributed by atoms with Crippen LogP contribution in [-0.2, 0) is 0 Å². The molecule has 106 valence electrons. The molecular weight excluding hydrogens is 356 g/mol. The zero-order valence-electron chi connectivity index (χ0n) is 11.0. The number of nitrogens with two attached hydrogens (primary N) is 1. The number of halogens is 1. The molecule has 20 heavy (non-hydrogen) atoms. The number of benzene rings is 1. The lowest BCUT2D eigenvalue weighted by molar-refractivity contribution is 0.103. The van der Waals surface area contributed by atoms with E-state index in [-0.39, 0.29) is 5.91 Å². The van der Waals surface area contributed by atoms with E-state index in [9.17, 15) is 4.79 Å². The Morgan fingerprint density at radius 1 is 1.40 bits per heavy atom. The van der Waals surface area contributed by atoms with Gasteiger partial charge in [0.1, 0.15) is 0 Å². The van der Waals surface area contributed by atoms with Crippen molar-refractivity contribution in [3.05, 3.63) is 39.0 Å². The van der Waals surface area contributed by atoms with Gasteiger partial charge in [0.05, 0.1) is 20.0 Å². The van der Waals surface area contributed by atoms with E-state index in [4.69, 9.17) is 5.73 Å². The van der Waals surface area contributed by atoms with Crippen LogP contribution in [0.4, 0.5) is 11.4 Å². The molecular formula is C14H15BrN2OS2. The second-order valence-corrected chi connectivity index (χ2v) is 7.79. The largest absolute Gasteiger partial charge is 0.397 e. The summed E-state index contributed by atoms with van der Waals surface area (Å²) in [5, 5.41) is 2.87. The third kappa shape index (κ3) is 4.01. The summed E-state index contributed by atoms with van der Waals surface area (Å²) in [6.45, 7) is 2.14. The normalized spacial score (nSPS) is 10.5. The Balaban J connectivity index is 2.13. The van der Waals surface area contributed by atoms with E-state index < -0.39 is 0 Å². The number of carbonyl (C=O) groups is 1. The van der Waals surface area contributed by atoms with Crippen LogP contribution in [0.25, 0.3) is 0 Å². The van der Waals surface area contributed by atoms with Gasteiger partial charge in [-0.3, -0.25) is 4.79 Å². The molecule has 0 unspecified atom stereocenters. The molecule has 0 bridgehead atoms. The zero-order chi connectivity index (χ0) is 14.5. The van der Waals surface area contributed by atoms with Gasteiger partial charge >= 0.3 is 0 Å². The van der Waals surface area contributed by atoms with Crippen LogP contribution in [0.2, 0.25) is 0 Å². The Kier molecular flexibility index (Phi) is 5.51. The SMILES string of the molecule is CCCSc1ccc(N)c(NC(=O)c2ccc(Br)s2)c1. The van der Waals surface area contributed by atoms with Gasteiger partial charge in [0, 0.05) is 4.90 Å². The molecule has 2 aromatic rings. The van der Waals surface area contributed by atoms with E-state index in [0.29, 0.717) is 16.3 Å². The van der Waals surface area contributed by atoms with Crippen LogP contribution in [0.5, 0.6) is 0 Å². The van der Waals surface area contributed by atoms with Crippen molar-refractivity contribution in [2.75, 3.05) is 16.8 Å². The van der Waals surface area contributed by atoms with Gasteiger partial charge in [-0.2, -0.15) is 0 Å². The first-order chi connectivity index (χ1) is 9.60. The summed E-state index contributed by atoms with van der Waals surface area (Å²) >= 11 is 6.51. The van der Waals surface area contributed by atoms with E-state index in [1.807, 2.05) is 24.3 Å². The van der Waals surface area contributed by atoms with Gasteiger partial charge in [0.15, 0.2) is 0 Å². The predicted octanol–water partition coefficient (Wildman–Crippen LogP) is 4.85. The van der Waals surface area contributed by atoms with Crippen LogP contribution >= 0.6 is 39.0 Å². The van der Waals surface area contributed by atoms with Gasteiger partial charge in [0.25, 0.3) is 5.91 Å². The molecule has 1 aromatic heterocycles. The number of hydrogen-bond acceptors (Lipinski definition) is 4. The average Bonchev–Trinajstić information content (AvgIpc) is 2.86. The van der Waals surface area contributed by atoms with E-state index >= 15 is 0 Å². The van der Waals surface area contributed by atoms with Crippen LogP contribution in [0, 0.1) is 0 Å². The quantitative estimate of drug-likeness (QED) is 0.584. The molecule has 0 aliphatic rings. The van der Waals surface area contributed by atoms with Crippen molar-refractivity contribution in [1.82, 2.24) is 0 Å². The summed E-state index contributed by atoms with van der Waals surface area (Å²) in [5.41, 5.74) is 7.17. The highest BCUT2D eigenvalue weighted by Crippen LogP contribution is 2.28. The van der Waals surface area contributed by atoms with E-state index in [1.165, 1.54) is 11.3 Å². The number of rotatable bonds is 5. The summed E-state index contributed by atoms with van der Waals surface area (Å²) in [6.07, 6.45) is 1.11. The molecule has 1 amide bonds. The Labute approximate surface area is 135 Å². The standard InChI is InChI=1S/C14H15BrN2OS2/c1-2-7-19-9-3-4-10(16)11(8-9)17-14(18)12-5-6-13(15)20-12/h3-6,8H,2,7,16H2,1H3,(H,17,18). The third-order valence-corrected chi connectivity index (χ3v) is 5.36. The summed E-state index contributed by atoms with van der Waals surface area (Å²) in [4.78, 5) is 13.9. The minimum atomic E-state index is -0.134. The molecule has 6 heteroatoms. The second-order valence-electron chi connectivity index (χ2n) is 4.16. The Hall–Kier alpha value is -0.980. The zero-order valence-corrected chi connectivity index (χ0v) is 14.2. The van der Waals surface area contributed by atoms with E-state index in [2.05, 4.69) is 28.2 Å². The number of carbonyl (C=O) groups excluding carboxylic acids is 1. The fourth-order valence-corrected chi connectivity index (χ4v) is 3.66. The van der Waals surface area contributed by atoms with Gasteiger partial charge < -0.3 is 11.1 Å². The van der Waals surface area contributed by atoms with Gasteiger partial charge in [0.2, 0.25) is 0 Å². The van der Waals surface area contributed by atoms with Crippen molar-refractivity contribution in [2.24, 2.45) is 0 Å². The molecule has 0 atom stereocenters. The van der Waals surface area contributed by atoms with Gasteiger partial charge in [-0.15, -0.1) is 23.1 Å². The minimum absolute atomic E-state index is 0.134. The van der Waals surface area contributed by atoms with Crippen molar-refractivity contribution in [3.63, 3.8) is 0 Å². The lowest BCUT2D eigenvalue weighted by Gasteiger charge is -2.09. The minimum Gasteiger partial charge on any atom is -0.397 e. The molecule has 3 N–H and O–H groups in total. The van der Waals surface area contributed by atoms with Crippen LogP contribution in [-0.4, -0.2) is 11.7 Å². The molecule has 2 rings (SSSR count). The van der Waals surface area contributed by atoms with Crippen molar-refractivity contribution >= 4 is 56.3 Å². The van der Waals surface area contributed by atoms with Crippen molar-refractivity contribution in [1.29, 1.82) is 0 Å². The first kappa shape index (κ1) is 15.4. The number of nitrogen functional groups attached to an aromatic ring is 1. The molecule has 1 aromatic carbocycles. The highest BCUT2D eigenvalue weighted by atomic mass is 79.9. The summed E-state index contributed by atoms with van der Waals surface area (Å²) in [5.74, 6) is 0.917. The van der Waals surface area contributed by atoms with Crippen LogP contribution in [0.3, 0.4) is 0 Å². The van der Waals surface area contributed by atoms with Crippen LogP contribution in [0.1, 0.15) is 23.0 Å². The fraction of sp³-hybridized carbons (Fsp3) is 0.214. The lowest BCUT2D eigenvalue weighted by Crippen LogP contribution is -2.11. The number of amides is 1. The van der Waals surface area contributed by atoms with Crippen LogP contribution < -0.4 is 11.1 Å². The Bertz CT molecular complexity index is 613. The third-order valence-electron chi connectivity index (χ3n) is 2.54. The second kappa shape index (κ2) is 7.15. The Morgan fingerprint density at radius 3 is 2.85 bits per heavy atom. The average molecular weight is 371 g/mol. The first-order valence-electron chi connectivity index (χ1n) is 6.19. The summed E-state index contributed by atoms with van der Waals surface area (Å²) in [7, 11) is 0. The molecule has 0 aliphatic heterocycles. The maximum absolute atomic E-state index is 12.1. The molecule has 0 spiro atoms. The molecule has 0 fully saturated rings. The van der Waals surface area contributed by atoms with E-state index in [1.54, 1.807) is 17.8 Å². The van der Waals surface area contributed by atoms with E-state index in [0.717, 1.165) is 20.9 Å². The molecule has 1 heterocycles. The van der Waals surface area contributed by atoms with Gasteiger partial charge in [-0.25, -0.2) is 0 Å². The predicted molar refractivity (Wildman–Crippen MR) is 91.8 cm³/mol. The molecule has 0 aliphatic carbocycles. The number of hydrogen-bond donors (Lipinski definition) is 2. The highest BCUT2D eigenvalue weighted by Gasteiger charge is 2.11. The summed E-state index contributed by atoms with van der Waals surface area (Å²) < 4.78 is 0.933. The lowest BCUT2D eigenvalue weighted by atomic mass is 10.2. The first-order valence-corrected chi connectivity index (χ1v) is 8.78. The molecule has 3 nitrogen and oxygen atoms in total. The number of anilines is 2. The van der Waals surface area contributed by atoms with Crippen molar-refractivity contribution in [2.45, 2.75) is 18.2 Å². The maximum atomic E-state index is 12.1. The summed E-state index contributed by atoms with van der Waals surface area (Å²) in [6, 6.07) is 9.38. The molecule has 0 saturated heterocycles. The highest BCUT2D eigenvalue weighted by molar-refractivity contribution is 9.11. The maximum Gasteiger partial charge on any atom is 0.265 e. The topological polar surface area (TPSA) is 55.1 Å². The molecule has 0 saturated carbocycles. The smallest absolute Gasteiger partial charge is 0.265 e. The monoisotopic (exact) mass is 370 g/mol. The number of thioether (sulfide) groups is 1. The van der Waals surface area contributed by atoms with Crippen molar-refractivity contribution < 1.29 is 4.79 Å². The number of thiophene rings is 1. The van der Waals surface area contributed by atoms with Crippen molar-refractivity contribution in [3.8, 4) is 0 Å². The molecule has 0 radical (unpaired) electrons.